The van der Waals surface area contributed by atoms with Crippen molar-refractivity contribution in [3.05, 3.63) is 0 Å². The monoisotopic (exact) mass is 599 g/mol. The second-order valence-corrected chi connectivity index (χ2v) is 12.0. The van der Waals surface area contributed by atoms with E-state index in [1.165, 1.54) is 18.7 Å². The van der Waals surface area contributed by atoms with Crippen LogP contribution in [0.1, 0.15) is 47.5 Å². The summed E-state index contributed by atoms with van der Waals surface area (Å²) in [6.07, 6.45) is 0.961. The van der Waals surface area contributed by atoms with Gasteiger partial charge in [0.1, 0.15) is 30.2 Å². The van der Waals surface area contributed by atoms with Crippen molar-refractivity contribution >= 4 is 53.2 Å². The number of nitrogens with zero attached hydrogens (tertiary/aromatic N) is 1. The molecule has 7 atom stereocenters. The highest BCUT2D eigenvalue weighted by molar-refractivity contribution is 8.00. The molecule has 230 valence electrons. The normalized spacial score (nSPS) is 26.1. The quantitative estimate of drug-likeness (QED) is 0.152. The Labute approximate surface area is 242 Å². The molecule has 0 aliphatic carbocycles. The van der Waals surface area contributed by atoms with Gasteiger partial charge in [-0.25, -0.2) is 0 Å². The minimum atomic E-state index is -1.25. The molecule has 2 fully saturated rings. The number of thioether (sulfide) groups is 1. The minimum Gasteiger partial charge on any atom is -0.480 e. The van der Waals surface area contributed by atoms with Crippen LogP contribution in [0.5, 0.6) is 0 Å². The Bertz CT molecular complexity index is 1040. The predicted molar refractivity (Wildman–Crippen MR) is 149 cm³/mol. The molecule has 15 nitrogen and oxygen atoms in total. The molecule has 0 bridgehead atoms. The summed E-state index contributed by atoms with van der Waals surface area (Å²) < 4.78 is 0. The van der Waals surface area contributed by atoms with E-state index in [-0.39, 0.29) is 5.75 Å². The van der Waals surface area contributed by atoms with Gasteiger partial charge in [0.2, 0.25) is 35.4 Å². The number of nitrogens with one attached hydrogen (secondary N) is 5. The van der Waals surface area contributed by atoms with Crippen LogP contribution < -0.4 is 32.3 Å². The number of amides is 6. The zero-order valence-electron chi connectivity index (χ0n) is 23.9. The van der Waals surface area contributed by atoms with Crippen LogP contribution in [0.25, 0.3) is 0 Å². The fourth-order valence-corrected chi connectivity index (χ4v) is 5.47. The van der Waals surface area contributed by atoms with Gasteiger partial charge in [-0.3, -0.25) is 33.6 Å². The van der Waals surface area contributed by atoms with E-state index < -0.39 is 95.4 Å². The Kier molecular flexibility index (Phi) is 12.4. The van der Waals surface area contributed by atoms with Gasteiger partial charge in [0.25, 0.3) is 0 Å². The summed E-state index contributed by atoms with van der Waals surface area (Å²) in [6.45, 7) is 7.61. The second kappa shape index (κ2) is 15.0. The summed E-state index contributed by atoms with van der Waals surface area (Å²) in [5.74, 6) is -5.39. The molecular formula is C25H41N7O8S. The summed E-state index contributed by atoms with van der Waals surface area (Å²) in [7, 11) is 0. The van der Waals surface area contributed by atoms with E-state index in [0.29, 0.717) is 19.4 Å². The maximum Gasteiger partial charge on any atom is 0.325 e. The first-order valence-corrected chi connectivity index (χ1v) is 14.6. The Balaban J connectivity index is 2.32. The van der Waals surface area contributed by atoms with E-state index in [1.807, 2.05) is 0 Å². The van der Waals surface area contributed by atoms with Crippen molar-refractivity contribution < 1.29 is 38.7 Å². The molecule has 2 aliphatic rings. The maximum atomic E-state index is 13.6. The van der Waals surface area contributed by atoms with Crippen LogP contribution in [0, 0.1) is 5.92 Å². The Morgan fingerprint density at radius 1 is 1.07 bits per heavy atom. The van der Waals surface area contributed by atoms with Gasteiger partial charge >= 0.3 is 5.97 Å². The lowest BCUT2D eigenvalue weighted by atomic mass is 10.0. The second-order valence-electron chi connectivity index (χ2n) is 10.6. The van der Waals surface area contributed by atoms with Crippen molar-refractivity contribution in [2.75, 3.05) is 18.8 Å². The summed E-state index contributed by atoms with van der Waals surface area (Å²) in [6, 6.07) is -6.29. The lowest BCUT2D eigenvalue weighted by molar-refractivity contribution is -0.142. The van der Waals surface area contributed by atoms with Gasteiger partial charge in [0.05, 0.1) is 12.6 Å². The predicted octanol–water partition coefficient (Wildman–Crippen LogP) is -2.72. The van der Waals surface area contributed by atoms with Crippen molar-refractivity contribution in [2.45, 2.75) is 89.0 Å². The highest BCUT2D eigenvalue weighted by atomic mass is 32.2. The molecule has 2 saturated heterocycles. The zero-order valence-corrected chi connectivity index (χ0v) is 24.7. The van der Waals surface area contributed by atoms with Crippen LogP contribution in [0.2, 0.25) is 0 Å². The summed E-state index contributed by atoms with van der Waals surface area (Å²) in [5, 5.41) is 21.1. The molecule has 2 rings (SSSR count). The molecule has 8 N–H and O–H groups in total. The van der Waals surface area contributed by atoms with E-state index in [0.717, 1.165) is 11.8 Å². The van der Waals surface area contributed by atoms with Crippen LogP contribution in [0.3, 0.4) is 0 Å². The lowest BCUT2D eigenvalue weighted by Gasteiger charge is -2.32. The number of hydrogen-bond acceptors (Lipinski definition) is 9. The van der Waals surface area contributed by atoms with E-state index in [1.54, 1.807) is 20.8 Å². The van der Waals surface area contributed by atoms with Gasteiger partial charge in [0.15, 0.2) is 0 Å². The van der Waals surface area contributed by atoms with Gasteiger partial charge in [-0.2, -0.15) is 11.8 Å². The van der Waals surface area contributed by atoms with Crippen molar-refractivity contribution in [2.24, 2.45) is 11.7 Å². The molecule has 0 aromatic rings. The van der Waals surface area contributed by atoms with E-state index in [9.17, 15) is 33.6 Å². The van der Waals surface area contributed by atoms with Gasteiger partial charge in [-0.15, -0.1) is 0 Å². The summed E-state index contributed by atoms with van der Waals surface area (Å²) in [5.41, 5.74) is 5.71. The van der Waals surface area contributed by atoms with Crippen molar-refractivity contribution in [1.29, 1.82) is 0 Å². The first-order chi connectivity index (χ1) is 19.1. The Hall–Kier alpha value is -3.40. The Morgan fingerprint density at radius 2 is 1.73 bits per heavy atom. The first-order valence-electron chi connectivity index (χ1n) is 13.5. The fourth-order valence-electron chi connectivity index (χ4n) is 4.36. The Morgan fingerprint density at radius 3 is 2.32 bits per heavy atom. The largest absolute Gasteiger partial charge is 0.480 e. The summed E-state index contributed by atoms with van der Waals surface area (Å²) >= 11 is 1.13. The molecule has 0 unspecified atom stereocenters. The maximum absolute atomic E-state index is 13.6. The molecule has 0 aromatic heterocycles. The molecule has 0 aromatic carbocycles. The fraction of sp³-hybridized carbons (Fsp3) is 0.720. The number of carbonyl (C=O) groups excluding carboxylic acids is 6. The number of aliphatic carboxylic acids is 1. The number of carboxylic acid groups (broad SMARTS) is 1. The first kappa shape index (κ1) is 33.8. The summed E-state index contributed by atoms with van der Waals surface area (Å²) in [4.78, 5) is 90.3. The van der Waals surface area contributed by atoms with Crippen LogP contribution in [0.15, 0.2) is 0 Å². The lowest BCUT2D eigenvalue weighted by Crippen LogP contribution is -2.58. The molecular weight excluding hydrogens is 558 g/mol. The molecule has 16 heteroatoms. The zero-order chi connectivity index (χ0) is 31.0. The molecule has 2 heterocycles. The molecule has 0 radical (unpaired) electrons. The van der Waals surface area contributed by atoms with Gasteiger partial charge in [0, 0.05) is 17.5 Å². The number of nitrogens with two attached hydrogens (primary N) is 1. The van der Waals surface area contributed by atoms with Crippen LogP contribution in [0.4, 0.5) is 0 Å². The minimum absolute atomic E-state index is 0.0497. The third-order valence-corrected chi connectivity index (χ3v) is 8.19. The highest BCUT2D eigenvalue weighted by Gasteiger charge is 2.41. The van der Waals surface area contributed by atoms with Crippen LogP contribution in [-0.2, 0) is 33.6 Å². The van der Waals surface area contributed by atoms with Gasteiger partial charge < -0.3 is 42.3 Å². The van der Waals surface area contributed by atoms with E-state index in [4.69, 9.17) is 10.8 Å². The molecule has 0 spiro atoms. The van der Waals surface area contributed by atoms with E-state index >= 15 is 0 Å². The van der Waals surface area contributed by atoms with Crippen molar-refractivity contribution in [1.82, 2.24) is 31.5 Å². The van der Waals surface area contributed by atoms with Gasteiger partial charge in [-0.1, -0.05) is 20.8 Å². The number of carbonyl (C=O) groups is 7. The molecule has 41 heavy (non-hydrogen) atoms. The average molecular weight is 600 g/mol. The smallest absolute Gasteiger partial charge is 0.325 e. The molecule has 6 amide bonds. The van der Waals surface area contributed by atoms with Crippen molar-refractivity contribution in [3.8, 4) is 0 Å². The molecule has 0 saturated carbocycles. The van der Waals surface area contributed by atoms with Gasteiger partial charge in [-0.05, 0) is 32.6 Å². The molecule has 2 aliphatic heterocycles. The van der Waals surface area contributed by atoms with E-state index in [2.05, 4.69) is 26.6 Å². The number of hydrogen-bond donors (Lipinski definition) is 7. The number of rotatable bonds is 8. The average Bonchev–Trinajstić information content (AvgIpc) is 3.39. The third-order valence-electron chi connectivity index (χ3n) is 6.86. The number of carboxylic acids is 1. The third kappa shape index (κ3) is 9.31. The van der Waals surface area contributed by atoms with Crippen molar-refractivity contribution in [3.63, 3.8) is 0 Å². The standard InChI is InChI=1S/C25H41N7O8S/c1-11(2)18(23(37)28-13(4)25(39)40)30-21(35)15-10-41-14(5)19(31-20(34)12(3)26)24(38)32-8-6-7-16(32)22(36)27-9-17(33)29-15/h11-16,18-19H,6-10,26H2,1-5H3,(H,27,36)(H,28,37)(H,29,33)(H,30,35)(H,31,34)(H,39,40)/t12-,13-,14-,15-,16-,18-,19-/m0/s1. The van der Waals surface area contributed by atoms with Crippen LogP contribution in [-0.4, -0.2) is 112 Å². The SMILES string of the molecule is CC(C)[C@H](NC(=O)[C@@H]1CS[C@@H](C)[C@H](NC(=O)[C@H](C)N)C(=O)N2CCC[C@H]2C(=O)NCC(=O)N1)C(=O)N[C@@H](C)C(=O)O. The van der Waals surface area contributed by atoms with Crippen LogP contribution >= 0.6 is 11.8 Å². The number of fused-ring (bicyclic) bond motifs is 1. The highest BCUT2D eigenvalue weighted by Crippen LogP contribution is 2.24. The topological polar surface area (TPSA) is 229 Å².